The number of nitrogens with one attached hydrogen (secondary N) is 1. The number of aliphatic hydroxyl groups excluding tert-OH is 1. The van der Waals surface area contributed by atoms with Crippen molar-refractivity contribution >= 4 is 11.6 Å². The van der Waals surface area contributed by atoms with Crippen molar-refractivity contribution in [3.8, 4) is 5.75 Å². The van der Waals surface area contributed by atoms with Crippen molar-refractivity contribution in [3.05, 3.63) is 60.2 Å². The summed E-state index contributed by atoms with van der Waals surface area (Å²) < 4.78 is 5.72. The minimum atomic E-state index is -0.314. The maximum Gasteiger partial charge on any atom is 0.241 e. The molecule has 0 fully saturated rings. The third-order valence-corrected chi connectivity index (χ3v) is 3.86. The lowest BCUT2D eigenvalue weighted by Crippen LogP contribution is -2.40. The molecule has 5 heteroatoms. The van der Waals surface area contributed by atoms with Gasteiger partial charge >= 0.3 is 0 Å². The van der Waals surface area contributed by atoms with E-state index in [2.05, 4.69) is 5.32 Å². The summed E-state index contributed by atoms with van der Waals surface area (Å²) in [7, 11) is 1.81. The highest BCUT2D eigenvalue weighted by Crippen LogP contribution is 2.17. The van der Waals surface area contributed by atoms with Crippen LogP contribution in [0.25, 0.3) is 0 Å². The number of ether oxygens (including phenoxy) is 1. The van der Waals surface area contributed by atoms with Gasteiger partial charge in [-0.15, -0.1) is 0 Å². The minimum Gasteiger partial charge on any atom is -0.489 e. The molecule has 0 spiro atoms. The second-order valence-corrected chi connectivity index (χ2v) is 5.67. The molecule has 2 rings (SSSR count). The van der Waals surface area contributed by atoms with Crippen LogP contribution in [0.5, 0.6) is 5.75 Å². The fourth-order valence-electron chi connectivity index (χ4n) is 2.17. The second-order valence-electron chi connectivity index (χ2n) is 5.67. The predicted octanol–water partition coefficient (Wildman–Crippen LogP) is 2.52. The zero-order valence-corrected chi connectivity index (χ0v) is 14.1. The number of amides is 1. The van der Waals surface area contributed by atoms with Gasteiger partial charge in [0.25, 0.3) is 0 Å². The van der Waals surface area contributed by atoms with Crippen LogP contribution < -0.4 is 10.1 Å². The predicted molar refractivity (Wildman–Crippen MR) is 95.0 cm³/mol. The number of carbonyl (C=O) groups is 1. The zero-order valence-electron chi connectivity index (χ0n) is 14.1. The lowest BCUT2D eigenvalue weighted by Gasteiger charge is -2.22. The highest BCUT2D eigenvalue weighted by molar-refractivity contribution is 5.94. The standard InChI is InChI=1S/C19H24N2O3/c1-15(21(2)12-13-22)19(23)20-17-8-10-18(11-9-17)24-14-16-6-4-3-5-7-16/h3-11,15,22H,12-14H2,1-2H3,(H,20,23). The normalized spacial score (nSPS) is 12.0. The highest BCUT2D eigenvalue weighted by Gasteiger charge is 2.17. The Morgan fingerprint density at radius 3 is 2.46 bits per heavy atom. The molecular formula is C19H24N2O3. The number of nitrogens with zero attached hydrogens (tertiary/aromatic N) is 1. The molecule has 24 heavy (non-hydrogen) atoms. The summed E-state index contributed by atoms with van der Waals surface area (Å²) in [5.74, 6) is 0.645. The topological polar surface area (TPSA) is 61.8 Å². The van der Waals surface area contributed by atoms with Crippen LogP contribution in [0.3, 0.4) is 0 Å². The van der Waals surface area contributed by atoms with Crippen LogP contribution >= 0.6 is 0 Å². The molecule has 0 aliphatic heterocycles. The van der Waals surface area contributed by atoms with E-state index in [1.54, 1.807) is 11.9 Å². The Hall–Kier alpha value is -2.37. The number of anilines is 1. The van der Waals surface area contributed by atoms with E-state index in [1.807, 2.05) is 61.5 Å². The molecule has 1 amide bonds. The van der Waals surface area contributed by atoms with E-state index < -0.39 is 0 Å². The first-order valence-corrected chi connectivity index (χ1v) is 7.99. The Bertz CT molecular complexity index is 629. The molecule has 0 heterocycles. The summed E-state index contributed by atoms with van der Waals surface area (Å²) in [6, 6.07) is 16.9. The van der Waals surface area contributed by atoms with Gasteiger partial charge < -0.3 is 15.2 Å². The van der Waals surface area contributed by atoms with Crippen molar-refractivity contribution in [1.82, 2.24) is 4.90 Å². The van der Waals surface area contributed by atoms with Gasteiger partial charge in [0.2, 0.25) is 5.91 Å². The van der Waals surface area contributed by atoms with E-state index in [-0.39, 0.29) is 18.6 Å². The van der Waals surface area contributed by atoms with E-state index in [0.717, 1.165) is 17.0 Å². The first-order valence-electron chi connectivity index (χ1n) is 7.99. The molecule has 0 aromatic heterocycles. The van der Waals surface area contributed by atoms with Gasteiger partial charge in [-0.05, 0) is 43.8 Å². The SMILES string of the molecule is CC(C(=O)Nc1ccc(OCc2ccccc2)cc1)N(C)CCO. The first kappa shape index (κ1) is 18.0. The monoisotopic (exact) mass is 328 g/mol. The third-order valence-electron chi connectivity index (χ3n) is 3.86. The number of rotatable bonds is 8. The van der Waals surface area contributed by atoms with E-state index in [4.69, 9.17) is 9.84 Å². The van der Waals surface area contributed by atoms with E-state index in [0.29, 0.717) is 13.2 Å². The third kappa shape index (κ3) is 5.37. The highest BCUT2D eigenvalue weighted by atomic mass is 16.5. The Labute approximate surface area is 142 Å². The van der Waals surface area contributed by atoms with Crippen molar-refractivity contribution in [2.24, 2.45) is 0 Å². The maximum absolute atomic E-state index is 12.2. The van der Waals surface area contributed by atoms with Gasteiger partial charge in [0.15, 0.2) is 0 Å². The largest absolute Gasteiger partial charge is 0.489 e. The Morgan fingerprint density at radius 1 is 1.17 bits per heavy atom. The van der Waals surface area contributed by atoms with Crippen molar-refractivity contribution in [1.29, 1.82) is 0 Å². The van der Waals surface area contributed by atoms with Crippen LogP contribution in [0, 0.1) is 0 Å². The molecule has 2 aromatic carbocycles. The molecule has 1 unspecified atom stereocenters. The van der Waals surface area contributed by atoms with Crippen molar-refractivity contribution in [2.75, 3.05) is 25.5 Å². The number of likely N-dealkylation sites (N-methyl/N-ethyl adjacent to an activating group) is 1. The first-order chi connectivity index (χ1) is 11.6. The molecule has 2 aromatic rings. The second kappa shape index (κ2) is 9.05. The lowest BCUT2D eigenvalue weighted by molar-refractivity contribution is -0.120. The van der Waals surface area contributed by atoms with Crippen LogP contribution in [0.1, 0.15) is 12.5 Å². The van der Waals surface area contributed by atoms with Crippen molar-refractivity contribution in [2.45, 2.75) is 19.6 Å². The molecule has 2 N–H and O–H groups in total. The van der Waals surface area contributed by atoms with Crippen LogP contribution in [0.2, 0.25) is 0 Å². The van der Waals surface area contributed by atoms with E-state index in [1.165, 1.54) is 0 Å². The molecular weight excluding hydrogens is 304 g/mol. The Morgan fingerprint density at radius 2 is 1.83 bits per heavy atom. The molecule has 1 atom stereocenters. The molecule has 0 bridgehead atoms. The van der Waals surface area contributed by atoms with Crippen LogP contribution in [0.4, 0.5) is 5.69 Å². The number of hydrogen-bond donors (Lipinski definition) is 2. The van der Waals surface area contributed by atoms with Crippen LogP contribution in [-0.4, -0.2) is 42.2 Å². The van der Waals surface area contributed by atoms with Gasteiger partial charge in [-0.3, -0.25) is 9.69 Å². The maximum atomic E-state index is 12.2. The molecule has 0 saturated carbocycles. The number of aliphatic hydroxyl groups is 1. The van der Waals surface area contributed by atoms with Gasteiger partial charge in [-0.2, -0.15) is 0 Å². The smallest absolute Gasteiger partial charge is 0.241 e. The van der Waals surface area contributed by atoms with Gasteiger partial charge in [0.05, 0.1) is 12.6 Å². The molecule has 0 aliphatic carbocycles. The lowest BCUT2D eigenvalue weighted by atomic mass is 10.2. The van der Waals surface area contributed by atoms with Crippen molar-refractivity contribution < 1.29 is 14.6 Å². The van der Waals surface area contributed by atoms with Gasteiger partial charge in [0.1, 0.15) is 12.4 Å². The molecule has 0 saturated heterocycles. The average molecular weight is 328 g/mol. The summed E-state index contributed by atoms with van der Waals surface area (Å²) in [5, 5.41) is 11.8. The van der Waals surface area contributed by atoms with Crippen molar-refractivity contribution in [3.63, 3.8) is 0 Å². The van der Waals surface area contributed by atoms with Gasteiger partial charge in [0, 0.05) is 12.2 Å². The average Bonchev–Trinajstić information content (AvgIpc) is 2.61. The fraction of sp³-hybridized carbons (Fsp3) is 0.316. The van der Waals surface area contributed by atoms with Gasteiger partial charge in [-0.25, -0.2) is 0 Å². The summed E-state index contributed by atoms with van der Waals surface area (Å²) in [5.41, 5.74) is 1.83. The zero-order chi connectivity index (χ0) is 17.4. The Balaban J connectivity index is 1.86. The van der Waals surface area contributed by atoms with Gasteiger partial charge in [-0.1, -0.05) is 30.3 Å². The molecule has 128 valence electrons. The summed E-state index contributed by atoms with van der Waals surface area (Å²) in [4.78, 5) is 14.0. The summed E-state index contributed by atoms with van der Waals surface area (Å²) >= 11 is 0. The number of carbonyl (C=O) groups excluding carboxylic acids is 1. The van der Waals surface area contributed by atoms with E-state index in [9.17, 15) is 4.79 Å². The number of benzene rings is 2. The van der Waals surface area contributed by atoms with E-state index >= 15 is 0 Å². The molecule has 0 radical (unpaired) electrons. The van der Waals surface area contributed by atoms with Crippen LogP contribution in [0.15, 0.2) is 54.6 Å². The summed E-state index contributed by atoms with van der Waals surface area (Å²) in [6.07, 6.45) is 0. The Kier molecular flexibility index (Phi) is 6.78. The number of hydrogen-bond acceptors (Lipinski definition) is 4. The molecule has 0 aliphatic rings. The molecule has 5 nitrogen and oxygen atoms in total. The fourth-order valence-corrected chi connectivity index (χ4v) is 2.17. The van der Waals surface area contributed by atoms with Crippen LogP contribution in [-0.2, 0) is 11.4 Å². The summed E-state index contributed by atoms with van der Waals surface area (Å²) in [6.45, 7) is 2.81. The quantitative estimate of drug-likeness (QED) is 0.782. The minimum absolute atomic E-state index is 0.0293.